The van der Waals surface area contributed by atoms with Gasteiger partial charge >= 0.3 is 0 Å². The number of aryl methyl sites for hydroxylation is 1. The van der Waals surface area contributed by atoms with Crippen LogP contribution in [0.5, 0.6) is 0 Å². The number of nitrogens with one attached hydrogen (secondary N) is 1. The van der Waals surface area contributed by atoms with Gasteiger partial charge in [0.05, 0.1) is 12.8 Å². The molecule has 3 N–H and O–H groups in total. The Hall–Kier alpha value is -1.96. The van der Waals surface area contributed by atoms with Crippen molar-refractivity contribution in [3.05, 3.63) is 42.0 Å². The van der Waals surface area contributed by atoms with E-state index in [1.807, 2.05) is 6.92 Å². The van der Waals surface area contributed by atoms with Crippen molar-refractivity contribution in [1.29, 1.82) is 0 Å². The molecule has 8 heteroatoms. The molecule has 1 amide bonds. The second-order valence-corrected chi connectivity index (χ2v) is 4.68. The summed E-state index contributed by atoms with van der Waals surface area (Å²) in [5.74, 6) is -0.921. The molecule has 1 aromatic carbocycles. The van der Waals surface area contributed by atoms with Crippen molar-refractivity contribution >= 4 is 24.0 Å². The lowest BCUT2D eigenvalue weighted by Gasteiger charge is -2.12. The number of ether oxygens (including phenoxy) is 1. The Balaban J connectivity index is 0.00000242. The molecular weight excluding hydrogens is 311 g/mol. The molecule has 22 heavy (non-hydrogen) atoms. The first-order valence-electron chi connectivity index (χ1n) is 6.38. The first-order chi connectivity index (χ1) is 10.0. The minimum Gasteiger partial charge on any atom is -0.383 e. The zero-order valence-corrected chi connectivity index (χ0v) is 13.1. The van der Waals surface area contributed by atoms with Crippen molar-refractivity contribution in [3.8, 4) is 5.69 Å². The molecule has 1 aromatic heterocycles. The zero-order valence-electron chi connectivity index (χ0n) is 12.2. The van der Waals surface area contributed by atoms with Gasteiger partial charge in [0.2, 0.25) is 5.91 Å². The van der Waals surface area contributed by atoms with E-state index < -0.39 is 17.8 Å². The maximum absolute atomic E-state index is 14.1. The molecule has 0 aliphatic carbocycles. The van der Waals surface area contributed by atoms with E-state index in [0.29, 0.717) is 11.4 Å². The number of aromatic nitrogens is 2. The fourth-order valence-corrected chi connectivity index (χ4v) is 1.81. The van der Waals surface area contributed by atoms with Gasteiger partial charge < -0.3 is 15.8 Å². The van der Waals surface area contributed by atoms with Crippen LogP contribution in [0.15, 0.2) is 30.6 Å². The maximum atomic E-state index is 14.1. The van der Waals surface area contributed by atoms with E-state index in [-0.39, 0.29) is 19.0 Å². The molecule has 0 fully saturated rings. The molecule has 6 nitrogen and oxygen atoms in total. The van der Waals surface area contributed by atoms with Crippen LogP contribution in [0.2, 0.25) is 0 Å². The molecule has 0 aliphatic rings. The summed E-state index contributed by atoms with van der Waals surface area (Å²) in [7, 11) is 1.45. The van der Waals surface area contributed by atoms with Crippen LogP contribution < -0.4 is 11.1 Å². The first kappa shape index (κ1) is 18.1. The summed E-state index contributed by atoms with van der Waals surface area (Å²) in [6.07, 6.45) is 3.35. The van der Waals surface area contributed by atoms with Gasteiger partial charge in [0.15, 0.2) is 5.82 Å². The maximum Gasteiger partial charge on any atom is 0.243 e. The Labute approximate surface area is 133 Å². The minimum absolute atomic E-state index is 0. The average molecular weight is 329 g/mol. The molecule has 2 aromatic rings. The van der Waals surface area contributed by atoms with Gasteiger partial charge in [-0.2, -0.15) is 5.10 Å². The van der Waals surface area contributed by atoms with Crippen molar-refractivity contribution in [2.45, 2.75) is 13.0 Å². The second-order valence-electron chi connectivity index (χ2n) is 4.68. The van der Waals surface area contributed by atoms with Crippen LogP contribution in [0, 0.1) is 12.7 Å². The predicted octanol–water partition coefficient (Wildman–Crippen LogP) is 1.65. The summed E-state index contributed by atoms with van der Waals surface area (Å²) >= 11 is 0. The standard InChI is InChI=1S/C14H17FN4O2.ClH/c1-9-6-17-19(7-9)13-4-3-10(5-11(13)15)18-14(20)12(16)8-21-2;/h3-7,12H,8,16H2,1-2H3,(H,18,20);1H. The summed E-state index contributed by atoms with van der Waals surface area (Å²) in [6, 6.07) is 3.56. The third-order valence-electron chi connectivity index (χ3n) is 2.86. The van der Waals surface area contributed by atoms with E-state index in [0.717, 1.165) is 5.56 Å². The second kappa shape index (κ2) is 7.88. The fourth-order valence-electron chi connectivity index (χ4n) is 1.81. The number of amides is 1. The first-order valence-corrected chi connectivity index (χ1v) is 6.38. The normalized spacial score (nSPS) is 11.6. The number of benzene rings is 1. The number of rotatable bonds is 5. The monoisotopic (exact) mass is 328 g/mol. The van der Waals surface area contributed by atoms with Gasteiger partial charge in [-0.25, -0.2) is 9.07 Å². The van der Waals surface area contributed by atoms with Gasteiger partial charge in [0, 0.05) is 19.0 Å². The SMILES string of the molecule is COCC(N)C(=O)Nc1ccc(-n2cc(C)cn2)c(F)c1.Cl. The van der Waals surface area contributed by atoms with Gasteiger partial charge in [-0.3, -0.25) is 4.79 Å². The Morgan fingerprint density at radius 2 is 2.27 bits per heavy atom. The van der Waals surface area contributed by atoms with E-state index in [2.05, 4.69) is 10.4 Å². The lowest BCUT2D eigenvalue weighted by Crippen LogP contribution is -2.39. The van der Waals surface area contributed by atoms with Gasteiger partial charge in [-0.15, -0.1) is 12.4 Å². The highest BCUT2D eigenvalue weighted by molar-refractivity contribution is 5.94. The summed E-state index contributed by atoms with van der Waals surface area (Å²) in [5, 5.41) is 6.58. The number of hydrogen-bond donors (Lipinski definition) is 2. The van der Waals surface area contributed by atoms with Crippen LogP contribution in [0.3, 0.4) is 0 Å². The highest BCUT2D eigenvalue weighted by Gasteiger charge is 2.14. The number of anilines is 1. The Kier molecular flexibility index (Phi) is 6.48. The Morgan fingerprint density at radius 3 is 2.82 bits per heavy atom. The largest absolute Gasteiger partial charge is 0.383 e. The van der Waals surface area contributed by atoms with Crippen LogP contribution in [-0.4, -0.2) is 35.4 Å². The van der Waals surface area contributed by atoms with E-state index in [9.17, 15) is 9.18 Å². The third kappa shape index (κ3) is 4.27. The highest BCUT2D eigenvalue weighted by Crippen LogP contribution is 2.18. The van der Waals surface area contributed by atoms with Crippen LogP contribution in [0.1, 0.15) is 5.56 Å². The molecule has 0 saturated carbocycles. The van der Waals surface area contributed by atoms with Crippen molar-refractivity contribution in [2.24, 2.45) is 5.73 Å². The third-order valence-corrected chi connectivity index (χ3v) is 2.86. The average Bonchev–Trinajstić information content (AvgIpc) is 2.85. The number of nitrogens with two attached hydrogens (primary N) is 1. The molecule has 0 bridgehead atoms. The molecular formula is C14H18ClFN4O2. The highest BCUT2D eigenvalue weighted by atomic mass is 35.5. The molecule has 1 heterocycles. The van der Waals surface area contributed by atoms with Gasteiger partial charge in [-0.05, 0) is 30.7 Å². The van der Waals surface area contributed by atoms with Crippen LogP contribution in [0.4, 0.5) is 10.1 Å². The molecule has 2 rings (SSSR count). The van der Waals surface area contributed by atoms with Gasteiger partial charge in [0.1, 0.15) is 11.7 Å². The number of halogens is 2. The topological polar surface area (TPSA) is 82.2 Å². The van der Waals surface area contributed by atoms with Crippen molar-refractivity contribution in [2.75, 3.05) is 19.0 Å². The molecule has 0 spiro atoms. The van der Waals surface area contributed by atoms with Crippen molar-refractivity contribution < 1.29 is 13.9 Å². The number of hydrogen-bond acceptors (Lipinski definition) is 4. The summed E-state index contributed by atoms with van der Waals surface area (Å²) < 4.78 is 20.3. The fraction of sp³-hybridized carbons (Fsp3) is 0.286. The number of methoxy groups -OCH3 is 1. The zero-order chi connectivity index (χ0) is 15.4. The van der Waals surface area contributed by atoms with E-state index >= 15 is 0 Å². The van der Waals surface area contributed by atoms with E-state index in [1.165, 1.54) is 17.9 Å². The van der Waals surface area contributed by atoms with Gasteiger partial charge in [0.25, 0.3) is 0 Å². The van der Waals surface area contributed by atoms with Crippen molar-refractivity contribution in [1.82, 2.24) is 9.78 Å². The summed E-state index contributed by atoms with van der Waals surface area (Å²) in [6.45, 7) is 1.96. The number of carbonyl (C=O) groups excluding carboxylic acids is 1. The quantitative estimate of drug-likeness (QED) is 0.874. The van der Waals surface area contributed by atoms with E-state index in [1.54, 1.807) is 24.5 Å². The van der Waals surface area contributed by atoms with E-state index in [4.69, 9.17) is 10.5 Å². The van der Waals surface area contributed by atoms with Crippen molar-refractivity contribution in [3.63, 3.8) is 0 Å². The predicted molar refractivity (Wildman–Crippen MR) is 84.0 cm³/mol. The lowest BCUT2D eigenvalue weighted by molar-refractivity contribution is -0.118. The van der Waals surface area contributed by atoms with Crippen LogP contribution >= 0.6 is 12.4 Å². The number of carbonyl (C=O) groups is 1. The Morgan fingerprint density at radius 1 is 1.55 bits per heavy atom. The molecule has 1 unspecified atom stereocenters. The molecule has 0 aliphatic heterocycles. The van der Waals surface area contributed by atoms with Gasteiger partial charge in [-0.1, -0.05) is 0 Å². The Bertz CT molecular complexity index is 648. The number of nitrogens with zero attached hydrogens (tertiary/aromatic N) is 2. The molecule has 0 radical (unpaired) electrons. The lowest BCUT2D eigenvalue weighted by atomic mass is 10.2. The molecule has 1 atom stereocenters. The summed E-state index contributed by atoms with van der Waals surface area (Å²) in [4.78, 5) is 11.7. The smallest absolute Gasteiger partial charge is 0.243 e. The summed E-state index contributed by atoms with van der Waals surface area (Å²) in [5.41, 5.74) is 7.16. The molecule has 0 saturated heterocycles. The van der Waals surface area contributed by atoms with Crippen LogP contribution in [-0.2, 0) is 9.53 Å². The van der Waals surface area contributed by atoms with Crippen LogP contribution in [0.25, 0.3) is 5.69 Å². The molecule has 120 valence electrons. The minimum atomic E-state index is -0.800.